The van der Waals surface area contributed by atoms with Crippen LogP contribution in [0.25, 0.3) is 0 Å². The number of piperidine rings is 1. The molecule has 1 aromatic carbocycles. The van der Waals surface area contributed by atoms with Crippen molar-refractivity contribution in [2.75, 3.05) is 39.8 Å². The van der Waals surface area contributed by atoms with Gasteiger partial charge in [0, 0.05) is 13.1 Å². The van der Waals surface area contributed by atoms with Gasteiger partial charge in [-0.15, -0.1) is 24.0 Å². The molecule has 1 heterocycles. The Kier molecular flexibility index (Phi) is 11.8. The summed E-state index contributed by atoms with van der Waals surface area (Å²) in [7, 11) is 1.47. The topological polar surface area (TPSA) is 48.9 Å². The smallest absolute Gasteiger partial charge is 0.191 e. The van der Waals surface area contributed by atoms with Crippen LogP contribution >= 0.6 is 24.0 Å². The minimum atomic E-state index is -0.344. The summed E-state index contributed by atoms with van der Waals surface area (Å²) < 4.78 is 18.9. The van der Waals surface area contributed by atoms with Gasteiger partial charge in [-0.3, -0.25) is 4.99 Å². The Morgan fingerprint density at radius 1 is 1.32 bits per heavy atom. The Hall–Kier alpha value is -1.09. The van der Waals surface area contributed by atoms with Crippen LogP contribution in [-0.2, 0) is 0 Å². The Balaban J connectivity index is 0.00000392. The Bertz CT molecular complexity index is 606. The fourth-order valence-corrected chi connectivity index (χ4v) is 3.51. The van der Waals surface area contributed by atoms with Gasteiger partial charge in [0.05, 0.1) is 13.2 Å². The van der Waals surface area contributed by atoms with E-state index in [0.29, 0.717) is 0 Å². The number of nitrogens with one attached hydrogen (secondary N) is 2. The predicted molar refractivity (Wildman–Crippen MR) is 125 cm³/mol. The van der Waals surface area contributed by atoms with Crippen molar-refractivity contribution in [2.45, 2.75) is 46.1 Å². The van der Waals surface area contributed by atoms with E-state index >= 15 is 0 Å². The quantitative estimate of drug-likeness (QED) is 0.316. The summed E-state index contributed by atoms with van der Waals surface area (Å²) in [5.41, 5.74) is 0.867. The summed E-state index contributed by atoms with van der Waals surface area (Å²) >= 11 is 0. The lowest BCUT2D eigenvalue weighted by Gasteiger charge is -2.30. The van der Waals surface area contributed by atoms with Crippen molar-refractivity contribution in [3.63, 3.8) is 0 Å². The fraction of sp³-hybridized carbons (Fsp3) is 0.667. The molecule has 0 aromatic heterocycles. The molecule has 160 valence electrons. The number of benzene rings is 1. The zero-order chi connectivity index (χ0) is 19.6. The molecule has 0 saturated carbocycles. The third-order valence-electron chi connectivity index (χ3n) is 5.33. The standard InChI is InChI=1S/C21H35FN4O.HI/c1-5-23-21(24-12-9-17-10-13-26(6-2)14-11-17)25-16(3)18-7-8-20(27-4)19(22)15-18;/h7-8,15-17H,5-6,9-14H2,1-4H3,(H2,23,24,25);1H. The van der Waals surface area contributed by atoms with E-state index in [4.69, 9.17) is 9.73 Å². The fourth-order valence-electron chi connectivity index (χ4n) is 3.51. The Morgan fingerprint density at radius 3 is 2.61 bits per heavy atom. The van der Waals surface area contributed by atoms with E-state index in [1.807, 2.05) is 13.0 Å². The van der Waals surface area contributed by atoms with E-state index < -0.39 is 0 Å². The van der Waals surface area contributed by atoms with Crippen LogP contribution in [0.3, 0.4) is 0 Å². The Morgan fingerprint density at radius 2 is 2.04 bits per heavy atom. The summed E-state index contributed by atoms with van der Waals surface area (Å²) in [6.45, 7) is 11.5. The molecule has 1 saturated heterocycles. The molecule has 1 aliphatic rings. The maximum Gasteiger partial charge on any atom is 0.191 e. The molecule has 1 atom stereocenters. The molecule has 1 fully saturated rings. The normalized spacial score (nSPS) is 17.0. The molecule has 2 N–H and O–H groups in total. The highest BCUT2D eigenvalue weighted by atomic mass is 127. The number of hydrogen-bond donors (Lipinski definition) is 2. The zero-order valence-corrected chi connectivity index (χ0v) is 20.0. The van der Waals surface area contributed by atoms with Crippen molar-refractivity contribution in [3.05, 3.63) is 29.6 Å². The van der Waals surface area contributed by atoms with Crippen LogP contribution in [0.1, 0.15) is 51.6 Å². The van der Waals surface area contributed by atoms with Crippen molar-refractivity contribution < 1.29 is 9.13 Å². The number of methoxy groups -OCH3 is 1. The molecule has 0 bridgehead atoms. The van der Waals surface area contributed by atoms with Crippen LogP contribution in [0, 0.1) is 11.7 Å². The molecular weight excluding hydrogens is 470 g/mol. The van der Waals surface area contributed by atoms with Crippen LogP contribution in [0.5, 0.6) is 5.75 Å². The van der Waals surface area contributed by atoms with Gasteiger partial charge in [0.2, 0.25) is 0 Å². The van der Waals surface area contributed by atoms with E-state index in [1.54, 1.807) is 6.07 Å². The summed E-state index contributed by atoms with van der Waals surface area (Å²) in [6.07, 6.45) is 3.67. The van der Waals surface area contributed by atoms with E-state index in [2.05, 4.69) is 29.4 Å². The lowest BCUT2D eigenvalue weighted by atomic mass is 9.94. The Labute approximate surface area is 186 Å². The van der Waals surface area contributed by atoms with Crippen molar-refractivity contribution in [1.29, 1.82) is 0 Å². The van der Waals surface area contributed by atoms with E-state index in [1.165, 1.54) is 39.1 Å². The van der Waals surface area contributed by atoms with Gasteiger partial charge in [-0.05, 0) is 76.4 Å². The largest absolute Gasteiger partial charge is 0.494 e. The lowest BCUT2D eigenvalue weighted by molar-refractivity contribution is 0.188. The maximum absolute atomic E-state index is 14.0. The summed E-state index contributed by atoms with van der Waals surface area (Å²) in [5, 5.41) is 6.66. The van der Waals surface area contributed by atoms with Crippen LogP contribution < -0.4 is 15.4 Å². The van der Waals surface area contributed by atoms with Crippen molar-refractivity contribution >= 4 is 29.9 Å². The first-order valence-corrected chi connectivity index (χ1v) is 10.2. The first-order valence-electron chi connectivity index (χ1n) is 10.2. The van der Waals surface area contributed by atoms with E-state index in [-0.39, 0.29) is 41.6 Å². The number of likely N-dealkylation sites (tertiary alicyclic amines) is 1. The average molecular weight is 506 g/mol. The maximum atomic E-state index is 14.0. The van der Waals surface area contributed by atoms with Gasteiger partial charge in [-0.1, -0.05) is 13.0 Å². The molecule has 0 aliphatic carbocycles. The second-order valence-corrected chi connectivity index (χ2v) is 7.19. The van der Waals surface area contributed by atoms with Gasteiger partial charge in [-0.2, -0.15) is 0 Å². The molecule has 5 nitrogen and oxygen atoms in total. The molecule has 2 rings (SSSR count). The number of halogens is 2. The van der Waals surface area contributed by atoms with Crippen LogP contribution in [-0.4, -0.2) is 50.7 Å². The first-order chi connectivity index (χ1) is 13.1. The summed E-state index contributed by atoms with van der Waals surface area (Å²) in [4.78, 5) is 7.25. The molecule has 7 heteroatoms. The van der Waals surface area contributed by atoms with Gasteiger partial charge < -0.3 is 20.3 Å². The average Bonchev–Trinajstić information content (AvgIpc) is 2.68. The molecule has 0 amide bonds. The van der Waals surface area contributed by atoms with Gasteiger partial charge in [-0.25, -0.2) is 4.39 Å². The molecular formula is C21H36FIN4O. The van der Waals surface area contributed by atoms with E-state index in [0.717, 1.165) is 43.5 Å². The zero-order valence-electron chi connectivity index (χ0n) is 17.6. The third-order valence-corrected chi connectivity index (χ3v) is 5.33. The van der Waals surface area contributed by atoms with Gasteiger partial charge >= 0.3 is 0 Å². The van der Waals surface area contributed by atoms with Crippen molar-refractivity contribution in [1.82, 2.24) is 15.5 Å². The van der Waals surface area contributed by atoms with Crippen molar-refractivity contribution in [2.24, 2.45) is 10.9 Å². The molecule has 1 aliphatic heterocycles. The monoisotopic (exact) mass is 506 g/mol. The second kappa shape index (κ2) is 13.2. The number of rotatable bonds is 8. The van der Waals surface area contributed by atoms with Crippen LogP contribution in [0.2, 0.25) is 0 Å². The molecule has 28 heavy (non-hydrogen) atoms. The van der Waals surface area contributed by atoms with Gasteiger partial charge in [0.15, 0.2) is 17.5 Å². The van der Waals surface area contributed by atoms with Crippen LogP contribution in [0.15, 0.2) is 23.2 Å². The summed E-state index contributed by atoms with van der Waals surface area (Å²) in [5.74, 6) is 1.48. The van der Waals surface area contributed by atoms with Gasteiger partial charge in [0.25, 0.3) is 0 Å². The highest BCUT2D eigenvalue weighted by molar-refractivity contribution is 14.0. The second-order valence-electron chi connectivity index (χ2n) is 7.19. The minimum absolute atomic E-state index is 0. The number of guanidine groups is 1. The number of hydrogen-bond acceptors (Lipinski definition) is 3. The van der Waals surface area contributed by atoms with Gasteiger partial charge in [0.1, 0.15) is 0 Å². The first kappa shape index (κ1) is 24.9. The highest BCUT2D eigenvalue weighted by Crippen LogP contribution is 2.22. The molecule has 0 radical (unpaired) electrons. The van der Waals surface area contributed by atoms with Crippen molar-refractivity contribution in [3.8, 4) is 5.75 Å². The highest BCUT2D eigenvalue weighted by Gasteiger charge is 2.17. The lowest BCUT2D eigenvalue weighted by Crippen LogP contribution is -2.39. The van der Waals surface area contributed by atoms with E-state index in [9.17, 15) is 4.39 Å². The number of ether oxygens (including phenoxy) is 1. The summed E-state index contributed by atoms with van der Waals surface area (Å²) in [6, 6.07) is 5.01. The minimum Gasteiger partial charge on any atom is -0.494 e. The molecule has 0 spiro atoms. The van der Waals surface area contributed by atoms with Crippen LogP contribution in [0.4, 0.5) is 4.39 Å². The SMILES string of the molecule is CCNC(=NCCC1CCN(CC)CC1)NC(C)c1ccc(OC)c(F)c1.I. The molecule has 1 unspecified atom stereocenters. The number of nitrogens with zero attached hydrogens (tertiary/aromatic N) is 2. The third kappa shape index (κ3) is 7.73. The number of aliphatic imine (C=N–C) groups is 1. The predicted octanol–water partition coefficient (Wildman–Crippen LogP) is 4.19. The molecule has 1 aromatic rings.